The number of aryl methyl sites for hydroxylation is 4. The number of hydrogen-bond acceptors (Lipinski definition) is 4. The zero-order valence-corrected chi connectivity index (χ0v) is 53.2. The number of hydrogen-bond donors (Lipinski definition) is 0. The van der Waals surface area contributed by atoms with Crippen molar-refractivity contribution >= 4 is 34.1 Å². The van der Waals surface area contributed by atoms with Gasteiger partial charge in [-0.15, -0.1) is 0 Å². The second-order valence-corrected chi connectivity index (χ2v) is 27.1. The van der Waals surface area contributed by atoms with Crippen LogP contribution in [0.25, 0.3) is 33.4 Å². The van der Waals surface area contributed by atoms with Gasteiger partial charge in [-0.1, -0.05) is 233 Å². The molecule has 0 bridgehead atoms. The van der Waals surface area contributed by atoms with E-state index in [0.717, 1.165) is 111 Å². The molecule has 454 valence electrons. The van der Waals surface area contributed by atoms with E-state index < -0.39 is 0 Å². The van der Waals surface area contributed by atoms with E-state index in [1.54, 1.807) is 0 Å². The van der Waals surface area contributed by atoms with E-state index in [2.05, 4.69) is 265 Å². The Kier molecular flexibility index (Phi) is 14.7. The quantitative estimate of drug-likeness (QED) is 0.0633. The summed E-state index contributed by atoms with van der Waals surface area (Å²) in [5.41, 5.74) is 32.2. The van der Waals surface area contributed by atoms with Crippen molar-refractivity contribution in [3.05, 3.63) is 346 Å². The lowest BCUT2D eigenvalue weighted by atomic mass is 9.67. The van der Waals surface area contributed by atoms with Crippen molar-refractivity contribution in [1.82, 2.24) is 9.97 Å². The molecule has 0 aliphatic heterocycles. The minimum absolute atomic E-state index is 0.182. The Bertz CT molecular complexity index is 4250. The Morgan fingerprint density at radius 1 is 0.258 bits per heavy atom. The lowest BCUT2D eigenvalue weighted by molar-refractivity contribution is 0.393. The van der Waals surface area contributed by atoms with Crippen LogP contribution < -0.4 is 9.80 Å². The highest BCUT2D eigenvalue weighted by Crippen LogP contribution is 2.60. The summed E-state index contributed by atoms with van der Waals surface area (Å²) in [6, 6.07) is 97.4. The topological polar surface area (TPSA) is 32.3 Å². The number of benzene rings is 10. The van der Waals surface area contributed by atoms with Crippen LogP contribution in [0.2, 0.25) is 0 Å². The van der Waals surface area contributed by atoms with Gasteiger partial charge in [0, 0.05) is 51.4 Å². The predicted molar refractivity (Wildman–Crippen MR) is 384 cm³/mol. The molecule has 4 heteroatoms. The number of pyridine rings is 2. The Morgan fingerprint density at radius 2 is 0.602 bits per heavy atom. The molecule has 93 heavy (non-hydrogen) atoms. The normalized spacial score (nSPS) is 14.8. The molecule has 10 aromatic carbocycles. The van der Waals surface area contributed by atoms with Gasteiger partial charge in [0.2, 0.25) is 0 Å². The van der Waals surface area contributed by atoms with Crippen LogP contribution in [0.3, 0.4) is 0 Å². The van der Waals surface area contributed by atoms with Crippen LogP contribution in [0.1, 0.15) is 144 Å². The van der Waals surface area contributed by atoms with Gasteiger partial charge in [-0.05, 0) is 224 Å². The first-order chi connectivity index (χ1) is 46.1. The molecule has 5 aliphatic carbocycles. The van der Waals surface area contributed by atoms with E-state index >= 15 is 0 Å². The van der Waals surface area contributed by atoms with Gasteiger partial charge in [0.15, 0.2) is 0 Å². The first kappa shape index (κ1) is 57.0. The molecule has 0 amide bonds. The van der Waals surface area contributed by atoms with E-state index in [9.17, 15) is 0 Å². The zero-order valence-electron chi connectivity index (χ0n) is 53.2. The Hall–Kier alpha value is -9.90. The van der Waals surface area contributed by atoms with Gasteiger partial charge in [0.25, 0.3) is 0 Å². The summed E-state index contributed by atoms with van der Waals surface area (Å²) in [5.74, 6) is 0. The average molecular weight is 1200 g/mol. The van der Waals surface area contributed by atoms with Crippen LogP contribution in [-0.2, 0) is 41.9 Å². The fraction of sp³-hybridized carbons (Fsp3) is 0.213. The molecular formula is C89H78N4. The highest BCUT2D eigenvalue weighted by atomic mass is 15.2. The second kappa shape index (κ2) is 24.0. The van der Waals surface area contributed by atoms with Crippen LogP contribution in [0.15, 0.2) is 280 Å². The third kappa shape index (κ3) is 9.61. The minimum atomic E-state index is -0.280. The predicted octanol–water partition coefficient (Wildman–Crippen LogP) is 22.6. The van der Waals surface area contributed by atoms with Gasteiger partial charge in [-0.3, -0.25) is 9.97 Å². The largest absolute Gasteiger partial charge is 0.309 e. The summed E-state index contributed by atoms with van der Waals surface area (Å²) in [7, 11) is 0. The van der Waals surface area contributed by atoms with Crippen molar-refractivity contribution in [2.24, 2.45) is 0 Å². The maximum atomic E-state index is 4.70. The number of rotatable bonds is 22. The van der Waals surface area contributed by atoms with Gasteiger partial charge >= 0.3 is 0 Å². The van der Waals surface area contributed by atoms with Crippen LogP contribution in [0.4, 0.5) is 34.1 Å². The van der Waals surface area contributed by atoms with E-state index in [1.165, 1.54) is 126 Å². The van der Waals surface area contributed by atoms with E-state index in [1.807, 2.05) is 24.8 Å². The highest BCUT2D eigenvalue weighted by molar-refractivity contribution is 5.90. The number of fused-ring (bicyclic) bond motifs is 11. The fourth-order valence-electron chi connectivity index (χ4n) is 17.8. The third-order valence-electron chi connectivity index (χ3n) is 22.3. The second-order valence-electron chi connectivity index (χ2n) is 27.1. The Balaban J connectivity index is 0.739. The number of para-hydroxylation sites is 2. The summed E-state index contributed by atoms with van der Waals surface area (Å²) in [5, 5.41) is 0. The Labute approximate surface area is 549 Å². The summed E-state index contributed by atoms with van der Waals surface area (Å²) in [4.78, 5) is 14.2. The third-order valence-corrected chi connectivity index (χ3v) is 22.3. The molecule has 0 saturated carbocycles. The molecule has 4 nitrogen and oxygen atoms in total. The summed E-state index contributed by atoms with van der Waals surface area (Å²) in [6.07, 6.45) is 26.0. The molecule has 0 fully saturated rings. The molecule has 2 heterocycles. The molecule has 12 aromatic rings. The van der Waals surface area contributed by atoms with Crippen LogP contribution in [-0.4, -0.2) is 9.97 Å². The standard InChI is InChI=1S/C89H78N4/c1(3-21-53-88(67-45-43-63-39-41-65(63)57-67)81-35-15-11-31-75(81)76-32-12-16-36-82(76)88)19-51-87(52-20-2-4-22-54-89(68-46-44-64-40-42-66(64)58-68)83-37-17-13-33-77(83)78-34-14-18-38-84(78)89)85-59-71(92(69-25-7-5-8-26-69)73-29-23-55-90-61-73)47-49-79(85)80-50-48-72(60-86(80)87)93(70-27-9-6-10-28-70)74-30-24-56-91-62-74/h5-18,23-38,43-50,55-62H,1-4,19-22,39-42,51-54H2. The monoisotopic (exact) mass is 1200 g/mol. The van der Waals surface area contributed by atoms with Crippen molar-refractivity contribution in [3.8, 4) is 33.4 Å². The van der Waals surface area contributed by atoms with Crippen molar-refractivity contribution in [1.29, 1.82) is 0 Å². The van der Waals surface area contributed by atoms with Crippen molar-refractivity contribution in [3.63, 3.8) is 0 Å². The van der Waals surface area contributed by atoms with Crippen LogP contribution >= 0.6 is 0 Å². The SMILES string of the molecule is c1ccc(N(c2cccnc2)c2ccc3c(c2)C(CCCCCCC2(c4ccc5c(c4)CC5)c4ccccc4-c4ccccc42)(CCCCCCC2(c4ccc5c(c4)CC5)c4ccccc4-c4ccccc42)c2cc(N(c4ccccc4)c4cccnc4)ccc2-3)cc1. The van der Waals surface area contributed by atoms with Crippen LogP contribution in [0, 0.1) is 0 Å². The van der Waals surface area contributed by atoms with Gasteiger partial charge in [-0.25, -0.2) is 0 Å². The molecule has 0 spiro atoms. The number of aromatic nitrogens is 2. The van der Waals surface area contributed by atoms with Gasteiger partial charge in [0.05, 0.1) is 23.8 Å². The summed E-state index contributed by atoms with van der Waals surface area (Å²) in [6.45, 7) is 0. The average Bonchev–Trinajstić information content (AvgIpc) is 1.59. The molecule has 0 N–H and O–H groups in total. The van der Waals surface area contributed by atoms with E-state index in [0.29, 0.717) is 0 Å². The molecule has 17 rings (SSSR count). The maximum absolute atomic E-state index is 4.70. The van der Waals surface area contributed by atoms with Gasteiger partial charge in [0.1, 0.15) is 0 Å². The molecule has 0 saturated heterocycles. The molecule has 2 aromatic heterocycles. The van der Waals surface area contributed by atoms with Crippen molar-refractivity contribution in [2.45, 2.75) is 119 Å². The molecule has 5 aliphatic rings. The molecule has 0 unspecified atom stereocenters. The molecule has 0 atom stereocenters. The minimum Gasteiger partial charge on any atom is -0.309 e. The lowest BCUT2D eigenvalue weighted by Crippen LogP contribution is -2.28. The number of nitrogens with zero attached hydrogens (tertiary/aromatic N) is 4. The lowest BCUT2D eigenvalue weighted by Gasteiger charge is -2.36. The highest BCUT2D eigenvalue weighted by Gasteiger charge is 2.47. The summed E-state index contributed by atoms with van der Waals surface area (Å²) >= 11 is 0. The molecule has 0 radical (unpaired) electrons. The van der Waals surface area contributed by atoms with Crippen LogP contribution in [0.5, 0.6) is 0 Å². The molecular weight excluding hydrogens is 1130 g/mol. The fourth-order valence-corrected chi connectivity index (χ4v) is 17.8. The first-order valence-corrected chi connectivity index (χ1v) is 34.5. The van der Waals surface area contributed by atoms with E-state index in [4.69, 9.17) is 9.97 Å². The smallest absolute Gasteiger partial charge is 0.0644 e. The van der Waals surface area contributed by atoms with Crippen molar-refractivity contribution in [2.75, 3.05) is 9.80 Å². The zero-order chi connectivity index (χ0) is 61.8. The van der Waals surface area contributed by atoms with Gasteiger partial charge < -0.3 is 9.80 Å². The summed E-state index contributed by atoms with van der Waals surface area (Å²) < 4.78 is 0. The van der Waals surface area contributed by atoms with Crippen molar-refractivity contribution < 1.29 is 0 Å². The maximum Gasteiger partial charge on any atom is 0.0644 e. The number of unbranched alkanes of at least 4 members (excludes halogenated alkanes) is 6. The number of anilines is 6. The Morgan fingerprint density at radius 3 is 0.957 bits per heavy atom. The first-order valence-electron chi connectivity index (χ1n) is 34.5. The van der Waals surface area contributed by atoms with E-state index in [-0.39, 0.29) is 16.2 Å². The van der Waals surface area contributed by atoms with Gasteiger partial charge in [-0.2, -0.15) is 0 Å².